The molecule has 0 unspecified atom stereocenters. The smallest absolute Gasteiger partial charge is 0.159 e. The average Bonchev–Trinajstić information content (AvgIpc) is 2.50. The summed E-state index contributed by atoms with van der Waals surface area (Å²) in [6.45, 7) is 1.85. The maximum atomic E-state index is 13.0. The van der Waals surface area contributed by atoms with Crippen molar-refractivity contribution in [2.24, 2.45) is 7.05 Å². The van der Waals surface area contributed by atoms with Gasteiger partial charge in [0.05, 0.1) is 11.4 Å². The molecule has 0 saturated heterocycles. The summed E-state index contributed by atoms with van der Waals surface area (Å²) >= 11 is 0. The molecule has 0 aliphatic heterocycles. The van der Waals surface area contributed by atoms with Crippen LogP contribution in [0.3, 0.4) is 0 Å². The summed E-state index contributed by atoms with van der Waals surface area (Å²) in [6.07, 6.45) is 0. The molecule has 0 spiro atoms. The number of hydrogen-bond donors (Lipinski definition) is 0. The molecule has 15 heavy (non-hydrogen) atoms. The van der Waals surface area contributed by atoms with Crippen LogP contribution in [0.5, 0.6) is 0 Å². The summed E-state index contributed by atoms with van der Waals surface area (Å²) in [6, 6.07) is 5.65. The molecule has 2 nitrogen and oxygen atoms in total. The Kier molecular flexibility index (Phi) is 2.26. The van der Waals surface area contributed by atoms with Gasteiger partial charge < -0.3 is 0 Å². The third-order valence-corrected chi connectivity index (χ3v) is 2.22. The summed E-state index contributed by atoms with van der Waals surface area (Å²) < 4.78 is 27.4. The Bertz CT molecular complexity index is 503. The minimum absolute atomic E-state index is 0.622. The lowest BCUT2D eigenvalue weighted by atomic mass is 10.1. The van der Waals surface area contributed by atoms with Crippen LogP contribution in [0.1, 0.15) is 5.69 Å². The van der Waals surface area contributed by atoms with Crippen LogP contribution in [0.4, 0.5) is 8.78 Å². The lowest BCUT2D eigenvalue weighted by Gasteiger charge is -2.02. The van der Waals surface area contributed by atoms with Gasteiger partial charge in [0.25, 0.3) is 0 Å². The van der Waals surface area contributed by atoms with Crippen LogP contribution in [0.25, 0.3) is 11.3 Å². The fraction of sp³-hybridized carbons (Fsp3) is 0.182. The molecular formula is C11H10F2N2. The Morgan fingerprint density at radius 1 is 1.13 bits per heavy atom. The first-order valence-corrected chi connectivity index (χ1v) is 4.54. The van der Waals surface area contributed by atoms with Crippen molar-refractivity contribution in [1.29, 1.82) is 0 Å². The van der Waals surface area contributed by atoms with Gasteiger partial charge in [-0.05, 0) is 31.2 Å². The van der Waals surface area contributed by atoms with Gasteiger partial charge in [-0.15, -0.1) is 0 Å². The van der Waals surface area contributed by atoms with Crippen LogP contribution in [-0.4, -0.2) is 9.78 Å². The predicted octanol–water partition coefficient (Wildman–Crippen LogP) is 2.67. The molecule has 0 bridgehead atoms. The first-order chi connectivity index (χ1) is 7.08. The van der Waals surface area contributed by atoms with Crippen LogP contribution in [0.2, 0.25) is 0 Å². The molecular weight excluding hydrogens is 198 g/mol. The number of benzene rings is 1. The number of rotatable bonds is 1. The second-order valence-corrected chi connectivity index (χ2v) is 3.42. The van der Waals surface area contributed by atoms with E-state index >= 15 is 0 Å². The topological polar surface area (TPSA) is 17.8 Å². The van der Waals surface area contributed by atoms with Crippen molar-refractivity contribution in [3.8, 4) is 11.3 Å². The van der Waals surface area contributed by atoms with E-state index in [4.69, 9.17) is 0 Å². The van der Waals surface area contributed by atoms with E-state index in [2.05, 4.69) is 5.10 Å². The van der Waals surface area contributed by atoms with Gasteiger partial charge in [0, 0.05) is 12.6 Å². The first-order valence-electron chi connectivity index (χ1n) is 4.54. The van der Waals surface area contributed by atoms with Crippen molar-refractivity contribution < 1.29 is 8.78 Å². The van der Waals surface area contributed by atoms with Crippen molar-refractivity contribution in [3.05, 3.63) is 41.6 Å². The van der Waals surface area contributed by atoms with Crippen molar-refractivity contribution in [2.75, 3.05) is 0 Å². The molecule has 78 valence electrons. The van der Waals surface area contributed by atoms with E-state index in [9.17, 15) is 8.78 Å². The summed E-state index contributed by atoms with van der Waals surface area (Å²) in [5, 5.41) is 4.14. The molecule has 0 amide bonds. The third-order valence-electron chi connectivity index (χ3n) is 2.22. The molecule has 4 heteroatoms. The fourth-order valence-electron chi connectivity index (χ4n) is 1.54. The van der Waals surface area contributed by atoms with Gasteiger partial charge in [0.15, 0.2) is 11.6 Å². The Labute approximate surface area is 86.2 Å². The minimum atomic E-state index is -0.841. The van der Waals surface area contributed by atoms with Gasteiger partial charge in [0.1, 0.15) is 0 Å². The zero-order chi connectivity index (χ0) is 11.0. The number of halogens is 2. The van der Waals surface area contributed by atoms with E-state index < -0.39 is 11.6 Å². The van der Waals surface area contributed by atoms with Crippen LogP contribution in [-0.2, 0) is 7.05 Å². The summed E-state index contributed by atoms with van der Waals surface area (Å²) in [4.78, 5) is 0. The second kappa shape index (κ2) is 3.46. The molecule has 0 fully saturated rings. The van der Waals surface area contributed by atoms with Gasteiger partial charge in [-0.3, -0.25) is 4.68 Å². The molecule has 2 aromatic rings. The minimum Gasteiger partial charge on any atom is -0.268 e. The highest BCUT2D eigenvalue weighted by atomic mass is 19.2. The lowest BCUT2D eigenvalue weighted by Crippen LogP contribution is -1.94. The zero-order valence-electron chi connectivity index (χ0n) is 8.46. The second-order valence-electron chi connectivity index (χ2n) is 3.42. The normalized spacial score (nSPS) is 10.7. The van der Waals surface area contributed by atoms with Crippen molar-refractivity contribution in [3.63, 3.8) is 0 Å². The van der Waals surface area contributed by atoms with Crippen molar-refractivity contribution in [2.45, 2.75) is 6.92 Å². The Morgan fingerprint density at radius 2 is 1.87 bits per heavy atom. The summed E-state index contributed by atoms with van der Waals surface area (Å²) in [5.41, 5.74) is 2.24. The Morgan fingerprint density at radius 3 is 2.40 bits per heavy atom. The summed E-state index contributed by atoms with van der Waals surface area (Å²) in [7, 11) is 1.77. The van der Waals surface area contributed by atoms with E-state index in [1.54, 1.807) is 11.7 Å². The van der Waals surface area contributed by atoms with E-state index in [0.29, 0.717) is 5.56 Å². The number of aryl methyl sites for hydroxylation is 2. The van der Waals surface area contributed by atoms with Crippen molar-refractivity contribution in [1.82, 2.24) is 9.78 Å². The van der Waals surface area contributed by atoms with Crippen molar-refractivity contribution >= 4 is 0 Å². The zero-order valence-corrected chi connectivity index (χ0v) is 8.46. The highest BCUT2D eigenvalue weighted by molar-refractivity contribution is 5.59. The molecule has 0 N–H and O–H groups in total. The monoisotopic (exact) mass is 208 g/mol. The molecule has 0 aliphatic rings. The largest absolute Gasteiger partial charge is 0.268 e. The maximum absolute atomic E-state index is 13.0. The quantitative estimate of drug-likeness (QED) is 0.704. The molecule has 1 heterocycles. The van der Waals surface area contributed by atoms with Gasteiger partial charge in [-0.1, -0.05) is 0 Å². The molecule has 0 aliphatic carbocycles. The van der Waals surface area contributed by atoms with Crippen LogP contribution in [0.15, 0.2) is 24.3 Å². The van der Waals surface area contributed by atoms with Gasteiger partial charge in [0.2, 0.25) is 0 Å². The highest BCUT2D eigenvalue weighted by Crippen LogP contribution is 2.21. The average molecular weight is 208 g/mol. The van der Waals surface area contributed by atoms with Gasteiger partial charge >= 0.3 is 0 Å². The molecule has 1 aromatic carbocycles. The number of aromatic nitrogens is 2. The molecule has 0 saturated carbocycles. The molecule has 0 atom stereocenters. The van der Waals surface area contributed by atoms with Crippen LogP contribution in [0, 0.1) is 18.6 Å². The lowest BCUT2D eigenvalue weighted by molar-refractivity contribution is 0.509. The SMILES string of the molecule is Cc1cc(-c2ccc(F)c(F)c2)n(C)n1. The van der Waals surface area contributed by atoms with Crippen LogP contribution < -0.4 is 0 Å². The third kappa shape index (κ3) is 1.75. The predicted molar refractivity (Wildman–Crippen MR) is 53.3 cm³/mol. The van der Waals surface area contributed by atoms with E-state index in [1.807, 2.05) is 13.0 Å². The van der Waals surface area contributed by atoms with Gasteiger partial charge in [-0.2, -0.15) is 5.10 Å². The molecule has 2 rings (SSSR count). The van der Waals surface area contributed by atoms with Gasteiger partial charge in [-0.25, -0.2) is 8.78 Å². The fourth-order valence-corrected chi connectivity index (χ4v) is 1.54. The molecule has 1 aromatic heterocycles. The molecule has 0 radical (unpaired) electrons. The number of nitrogens with zero attached hydrogens (tertiary/aromatic N) is 2. The van der Waals surface area contributed by atoms with E-state index in [1.165, 1.54) is 12.1 Å². The standard InChI is InChI=1S/C11H10F2N2/c1-7-5-11(15(2)14-7)8-3-4-9(12)10(13)6-8/h3-6H,1-2H3. The maximum Gasteiger partial charge on any atom is 0.159 e. The van der Waals surface area contributed by atoms with Crippen LogP contribution >= 0.6 is 0 Å². The van der Waals surface area contributed by atoms with E-state index in [-0.39, 0.29) is 0 Å². The Hall–Kier alpha value is -1.71. The summed E-state index contributed by atoms with van der Waals surface area (Å²) in [5.74, 6) is -1.68. The highest BCUT2D eigenvalue weighted by Gasteiger charge is 2.08. The van der Waals surface area contributed by atoms with E-state index in [0.717, 1.165) is 17.5 Å². The number of hydrogen-bond acceptors (Lipinski definition) is 1. The first kappa shape index (κ1) is 9.83. The Balaban J connectivity index is 2.54.